The monoisotopic (exact) mass is 233 g/mol. The maximum Gasteiger partial charge on any atom is 0.105 e. The van der Waals surface area contributed by atoms with Gasteiger partial charge in [-0.25, -0.2) is 0 Å². The molecule has 18 heavy (non-hydrogen) atoms. The van der Waals surface area contributed by atoms with Gasteiger partial charge in [-0.2, -0.15) is 0 Å². The average molecular weight is 233 g/mol. The summed E-state index contributed by atoms with van der Waals surface area (Å²) in [6.07, 6.45) is 1.19. The van der Waals surface area contributed by atoms with Gasteiger partial charge in [0.05, 0.1) is 0 Å². The molecule has 0 N–H and O–H groups in total. The standard InChI is InChI=1S/C15H17B2N/c16-15(17)10-11-18(12-6-2-1-3-7-12)14-9-5-4-8-13(14)15/h1-9H,10-11,16-17H2. The fourth-order valence-corrected chi connectivity index (χ4v) is 2.80. The van der Waals surface area contributed by atoms with Crippen molar-refractivity contribution in [3.05, 3.63) is 60.2 Å². The Labute approximate surface area is 111 Å². The van der Waals surface area contributed by atoms with Crippen LogP contribution in [0, 0.1) is 0 Å². The molecule has 0 spiro atoms. The largest absolute Gasteiger partial charge is 0.341 e. The fourth-order valence-electron chi connectivity index (χ4n) is 2.80. The molecule has 2 aromatic rings. The molecule has 0 radical (unpaired) electrons. The van der Waals surface area contributed by atoms with Gasteiger partial charge in [-0.05, 0) is 30.2 Å². The van der Waals surface area contributed by atoms with Crippen molar-refractivity contribution in [3.8, 4) is 0 Å². The molecule has 0 saturated heterocycles. The molecule has 1 nitrogen and oxygen atoms in total. The predicted molar refractivity (Wildman–Crippen MR) is 83.3 cm³/mol. The zero-order valence-electron chi connectivity index (χ0n) is 11.1. The summed E-state index contributed by atoms with van der Waals surface area (Å²) in [7, 11) is 4.68. The number of para-hydroxylation sites is 2. The molecule has 3 heteroatoms. The van der Waals surface area contributed by atoms with Crippen LogP contribution in [0.5, 0.6) is 0 Å². The second-order valence-electron chi connectivity index (χ2n) is 5.64. The van der Waals surface area contributed by atoms with Gasteiger partial charge in [-0.3, -0.25) is 0 Å². The normalized spacial score (nSPS) is 17.2. The predicted octanol–water partition coefficient (Wildman–Crippen LogP) is 1.65. The van der Waals surface area contributed by atoms with Gasteiger partial charge >= 0.3 is 0 Å². The lowest BCUT2D eigenvalue weighted by molar-refractivity contribution is 0.692. The van der Waals surface area contributed by atoms with Crippen LogP contribution in [-0.2, 0) is 5.21 Å². The first-order valence-corrected chi connectivity index (χ1v) is 6.61. The zero-order chi connectivity index (χ0) is 12.6. The van der Waals surface area contributed by atoms with E-state index in [1.807, 2.05) is 0 Å². The molecule has 0 saturated carbocycles. The van der Waals surface area contributed by atoms with Crippen LogP contribution >= 0.6 is 0 Å². The molecule has 3 rings (SSSR count). The van der Waals surface area contributed by atoms with Gasteiger partial charge in [-0.15, -0.1) is 0 Å². The van der Waals surface area contributed by atoms with Crippen LogP contribution in [0.1, 0.15) is 12.0 Å². The van der Waals surface area contributed by atoms with E-state index in [1.54, 1.807) is 0 Å². The SMILES string of the molecule is BC1(B)CCN(c2ccccc2)c2ccccc21. The Balaban J connectivity index is 2.11. The van der Waals surface area contributed by atoms with E-state index in [0.717, 1.165) is 6.54 Å². The Morgan fingerprint density at radius 2 is 1.56 bits per heavy atom. The van der Waals surface area contributed by atoms with Crippen LogP contribution in [0.15, 0.2) is 54.6 Å². The molecule has 0 fully saturated rings. The van der Waals surface area contributed by atoms with E-state index in [0.29, 0.717) is 0 Å². The quantitative estimate of drug-likeness (QED) is 0.677. The number of hydrogen-bond acceptors (Lipinski definition) is 1. The number of benzene rings is 2. The molecular formula is C15H17B2N. The fraction of sp³-hybridized carbons (Fsp3) is 0.200. The number of nitrogens with zero attached hydrogens (tertiary/aromatic N) is 1. The maximum atomic E-state index is 2.43. The molecule has 0 unspecified atom stereocenters. The molecule has 0 bridgehead atoms. The molecule has 0 aliphatic carbocycles. The summed E-state index contributed by atoms with van der Waals surface area (Å²) in [5, 5.41) is 0.280. The number of rotatable bonds is 1. The molecule has 0 aromatic heterocycles. The van der Waals surface area contributed by atoms with Gasteiger partial charge in [0.1, 0.15) is 15.7 Å². The second-order valence-corrected chi connectivity index (χ2v) is 5.64. The number of fused-ring (bicyclic) bond motifs is 1. The van der Waals surface area contributed by atoms with Crippen molar-refractivity contribution in [3.63, 3.8) is 0 Å². The van der Waals surface area contributed by atoms with Gasteiger partial charge in [0.15, 0.2) is 0 Å². The van der Waals surface area contributed by atoms with Crippen molar-refractivity contribution in [2.24, 2.45) is 0 Å². The molecular weight excluding hydrogens is 216 g/mol. The lowest BCUT2D eigenvalue weighted by Gasteiger charge is -2.40. The van der Waals surface area contributed by atoms with Crippen molar-refractivity contribution in [1.29, 1.82) is 0 Å². The minimum absolute atomic E-state index is 0.280. The summed E-state index contributed by atoms with van der Waals surface area (Å²) in [6.45, 7) is 1.09. The zero-order valence-corrected chi connectivity index (χ0v) is 11.1. The first kappa shape index (κ1) is 11.5. The van der Waals surface area contributed by atoms with E-state index in [-0.39, 0.29) is 5.21 Å². The van der Waals surface area contributed by atoms with E-state index < -0.39 is 0 Å². The van der Waals surface area contributed by atoms with Crippen molar-refractivity contribution < 1.29 is 0 Å². The van der Waals surface area contributed by atoms with Crippen LogP contribution in [-0.4, -0.2) is 22.2 Å². The van der Waals surface area contributed by atoms with Gasteiger partial charge in [0.25, 0.3) is 0 Å². The number of anilines is 2. The molecule has 1 aliphatic heterocycles. The van der Waals surface area contributed by atoms with Crippen LogP contribution in [0.3, 0.4) is 0 Å². The molecule has 1 aliphatic rings. The van der Waals surface area contributed by atoms with Crippen molar-refractivity contribution in [1.82, 2.24) is 0 Å². The summed E-state index contributed by atoms with van der Waals surface area (Å²) in [6, 6.07) is 19.5. The molecule has 0 atom stereocenters. The van der Waals surface area contributed by atoms with E-state index in [2.05, 4.69) is 75.2 Å². The highest BCUT2D eigenvalue weighted by molar-refractivity contribution is 6.40. The topological polar surface area (TPSA) is 3.24 Å². The van der Waals surface area contributed by atoms with Crippen LogP contribution < -0.4 is 4.90 Å². The lowest BCUT2D eigenvalue weighted by Crippen LogP contribution is -2.39. The van der Waals surface area contributed by atoms with E-state index in [4.69, 9.17) is 0 Å². The lowest BCUT2D eigenvalue weighted by atomic mass is 9.48. The summed E-state index contributed by atoms with van der Waals surface area (Å²) in [4.78, 5) is 2.43. The van der Waals surface area contributed by atoms with Crippen LogP contribution in [0.4, 0.5) is 11.4 Å². The molecule has 0 amide bonds. The Hall–Kier alpha value is -1.63. The smallest absolute Gasteiger partial charge is 0.105 e. The Bertz CT molecular complexity index is 551. The molecule has 88 valence electrons. The van der Waals surface area contributed by atoms with Crippen LogP contribution in [0.2, 0.25) is 0 Å². The maximum absolute atomic E-state index is 2.43. The molecule has 1 heterocycles. The van der Waals surface area contributed by atoms with Gasteiger partial charge < -0.3 is 4.90 Å². The van der Waals surface area contributed by atoms with E-state index in [9.17, 15) is 0 Å². The minimum atomic E-state index is 0.280. The summed E-state index contributed by atoms with van der Waals surface area (Å²) in [5.74, 6) is 0. The van der Waals surface area contributed by atoms with Crippen LogP contribution in [0.25, 0.3) is 0 Å². The first-order valence-electron chi connectivity index (χ1n) is 6.61. The highest BCUT2D eigenvalue weighted by atomic mass is 15.1. The minimum Gasteiger partial charge on any atom is -0.341 e. The van der Waals surface area contributed by atoms with Crippen molar-refractivity contribution in [2.45, 2.75) is 11.6 Å². The summed E-state index contributed by atoms with van der Waals surface area (Å²) >= 11 is 0. The summed E-state index contributed by atoms with van der Waals surface area (Å²) < 4.78 is 0. The van der Waals surface area contributed by atoms with Crippen molar-refractivity contribution in [2.75, 3.05) is 11.4 Å². The third kappa shape index (κ3) is 1.84. The van der Waals surface area contributed by atoms with Gasteiger partial charge in [-0.1, -0.05) is 41.6 Å². The second kappa shape index (κ2) is 4.24. The Morgan fingerprint density at radius 3 is 2.33 bits per heavy atom. The third-order valence-corrected chi connectivity index (χ3v) is 3.95. The van der Waals surface area contributed by atoms with Gasteiger partial charge in [0, 0.05) is 17.9 Å². The van der Waals surface area contributed by atoms with Gasteiger partial charge in [0.2, 0.25) is 0 Å². The highest BCUT2D eigenvalue weighted by Crippen LogP contribution is 2.39. The third-order valence-electron chi connectivity index (χ3n) is 3.95. The van der Waals surface area contributed by atoms with E-state index >= 15 is 0 Å². The summed E-state index contributed by atoms with van der Waals surface area (Å²) in [5.41, 5.74) is 4.11. The Kier molecular flexibility index (Phi) is 2.70. The highest BCUT2D eigenvalue weighted by Gasteiger charge is 2.30. The molecule has 2 aromatic carbocycles. The Morgan fingerprint density at radius 1 is 0.889 bits per heavy atom. The number of hydrogen-bond donors (Lipinski definition) is 0. The van der Waals surface area contributed by atoms with Crippen molar-refractivity contribution >= 4 is 27.1 Å². The first-order chi connectivity index (χ1) is 8.68. The average Bonchev–Trinajstić information content (AvgIpc) is 2.40. The van der Waals surface area contributed by atoms with E-state index in [1.165, 1.54) is 23.4 Å².